The van der Waals surface area contributed by atoms with Crippen LogP contribution >= 0.6 is 0 Å². The summed E-state index contributed by atoms with van der Waals surface area (Å²) in [5.74, 6) is -1.57. The fourth-order valence-corrected chi connectivity index (χ4v) is 1.10. The maximum atomic E-state index is 11.4. The van der Waals surface area contributed by atoms with Crippen molar-refractivity contribution in [1.82, 2.24) is 10.6 Å². The number of nitrogens with two attached hydrogens (primary N) is 1. The highest BCUT2D eigenvalue weighted by Crippen LogP contribution is 1.87. The summed E-state index contributed by atoms with van der Waals surface area (Å²) < 4.78 is 4.60. The summed E-state index contributed by atoms with van der Waals surface area (Å²) in [5.41, 5.74) is 5.36. The number of carbonyl (C=O) groups is 3. The summed E-state index contributed by atoms with van der Waals surface area (Å²) in [6, 6.07) is -1.34. The van der Waals surface area contributed by atoms with Gasteiger partial charge < -0.3 is 21.1 Å². The minimum atomic E-state index is -1.34. The average Bonchev–Trinajstić information content (AvgIpc) is 2.35. The summed E-state index contributed by atoms with van der Waals surface area (Å²) in [6.07, 6.45) is 1.01. The van der Waals surface area contributed by atoms with E-state index in [2.05, 4.69) is 15.4 Å². The number of nitrogens with one attached hydrogen (secondary N) is 2. The molecule has 2 amide bonds. The number of hydrogen-bond acceptors (Lipinski definition) is 5. The Hall–Kier alpha value is -1.63. The highest BCUT2D eigenvalue weighted by Gasteiger charge is 2.22. The number of amides is 2. The van der Waals surface area contributed by atoms with E-state index in [0.717, 1.165) is 6.42 Å². The number of hydrogen-bond donors (Lipinski definition) is 3. The average molecular weight is 259 g/mol. The van der Waals surface area contributed by atoms with Gasteiger partial charge in [-0.25, -0.2) is 4.79 Å². The molecule has 0 spiro atoms. The Bertz CT molecular complexity index is 294. The van der Waals surface area contributed by atoms with Gasteiger partial charge in [-0.15, -0.1) is 0 Å². The highest BCUT2D eigenvalue weighted by atomic mass is 16.5. The Labute approximate surface area is 106 Å². The van der Waals surface area contributed by atoms with Crippen molar-refractivity contribution in [2.45, 2.75) is 32.7 Å². The van der Waals surface area contributed by atoms with Gasteiger partial charge in [0.15, 0.2) is 6.04 Å². The van der Waals surface area contributed by atoms with Gasteiger partial charge in [-0.3, -0.25) is 9.59 Å². The topological polar surface area (TPSA) is 111 Å². The monoisotopic (exact) mass is 259 g/mol. The summed E-state index contributed by atoms with van der Waals surface area (Å²) in [5, 5.41) is 5.07. The van der Waals surface area contributed by atoms with Crippen LogP contribution in [0.5, 0.6) is 0 Å². The van der Waals surface area contributed by atoms with Crippen molar-refractivity contribution in [3.63, 3.8) is 0 Å². The van der Waals surface area contributed by atoms with Crippen molar-refractivity contribution in [3.8, 4) is 0 Å². The SMILES string of the molecule is CCCNC(=O)CCNC(=O)C(N)C(=O)OCC. The third kappa shape index (κ3) is 6.85. The molecule has 0 saturated heterocycles. The largest absolute Gasteiger partial charge is 0.464 e. The lowest BCUT2D eigenvalue weighted by atomic mass is 10.3. The van der Waals surface area contributed by atoms with E-state index < -0.39 is 17.9 Å². The van der Waals surface area contributed by atoms with Crippen LogP contribution in [0.25, 0.3) is 0 Å². The van der Waals surface area contributed by atoms with E-state index >= 15 is 0 Å². The van der Waals surface area contributed by atoms with Crippen LogP contribution in [0.15, 0.2) is 0 Å². The fourth-order valence-electron chi connectivity index (χ4n) is 1.10. The second-order valence-corrected chi connectivity index (χ2v) is 3.62. The van der Waals surface area contributed by atoms with Crippen LogP contribution in [-0.4, -0.2) is 43.5 Å². The molecule has 18 heavy (non-hydrogen) atoms. The van der Waals surface area contributed by atoms with Crippen LogP contribution < -0.4 is 16.4 Å². The molecule has 4 N–H and O–H groups in total. The Morgan fingerprint density at radius 2 is 1.83 bits per heavy atom. The zero-order chi connectivity index (χ0) is 14.0. The molecule has 0 fully saturated rings. The Balaban J connectivity index is 3.82. The standard InChI is InChI=1S/C11H21N3O4/c1-3-6-13-8(15)5-7-14-10(16)9(12)11(17)18-4-2/h9H,3-7,12H2,1-2H3,(H,13,15)(H,14,16). The predicted molar refractivity (Wildman–Crippen MR) is 65.5 cm³/mol. The van der Waals surface area contributed by atoms with Crippen molar-refractivity contribution in [1.29, 1.82) is 0 Å². The van der Waals surface area contributed by atoms with Gasteiger partial charge in [0.1, 0.15) is 0 Å². The summed E-state index contributed by atoms with van der Waals surface area (Å²) in [7, 11) is 0. The van der Waals surface area contributed by atoms with Crippen molar-refractivity contribution in [2.24, 2.45) is 5.73 Å². The van der Waals surface area contributed by atoms with E-state index in [1.807, 2.05) is 6.92 Å². The van der Waals surface area contributed by atoms with Gasteiger partial charge in [-0.2, -0.15) is 0 Å². The first-order valence-corrected chi connectivity index (χ1v) is 5.99. The van der Waals surface area contributed by atoms with Crippen molar-refractivity contribution in [3.05, 3.63) is 0 Å². The predicted octanol–water partition coefficient (Wildman–Crippen LogP) is -1.09. The lowest BCUT2D eigenvalue weighted by Gasteiger charge is -2.11. The first-order valence-electron chi connectivity index (χ1n) is 5.99. The van der Waals surface area contributed by atoms with Gasteiger partial charge >= 0.3 is 5.97 Å². The number of ether oxygens (including phenoxy) is 1. The number of rotatable bonds is 8. The summed E-state index contributed by atoms with van der Waals surface area (Å²) >= 11 is 0. The molecular weight excluding hydrogens is 238 g/mol. The maximum Gasteiger partial charge on any atom is 0.332 e. The molecule has 0 aromatic carbocycles. The first-order chi connectivity index (χ1) is 8.52. The van der Waals surface area contributed by atoms with Crippen molar-refractivity contribution in [2.75, 3.05) is 19.7 Å². The minimum absolute atomic E-state index is 0.140. The molecule has 0 bridgehead atoms. The summed E-state index contributed by atoms with van der Waals surface area (Å²) in [6.45, 7) is 4.48. The molecule has 7 heteroatoms. The third-order valence-corrected chi connectivity index (χ3v) is 2.05. The van der Waals surface area contributed by atoms with Crippen LogP contribution in [-0.2, 0) is 19.1 Å². The molecule has 0 aliphatic heterocycles. The van der Waals surface area contributed by atoms with Crippen LogP contribution in [0.4, 0.5) is 0 Å². The lowest BCUT2D eigenvalue weighted by molar-refractivity contribution is -0.147. The van der Waals surface area contributed by atoms with E-state index in [1.165, 1.54) is 0 Å². The molecule has 1 unspecified atom stereocenters. The normalized spacial score (nSPS) is 11.5. The second-order valence-electron chi connectivity index (χ2n) is 3.62. The third-order valence-electron chi connectivity index (χ3n) is 2.05. The molecule has 1 atom stereocenters. The van der Waals surface area contributed by atoms with Crippen LogP contribution in [0.3, 0.4) is 0 Å². The van der Waals surface area contributed by atoms with E-state index in [9.17, 15) is 14.4 Å². The van der Waals surface area contributed by atoms with Crippen LogP contribution in [0, 0.1) is 0 Å². The lowest BCUT2D eigenvalue weighted by Crippen LogP contribution is -2.47. The van der Waals surface area contributed by atoms with Gasteiger partial charge in [0, 0.05) is 19.5 Å². The first kappa shape index (κ1) is 16.4. The Morgan fingerprint density at radius 3 is 2.39 bits per heavy atom. The molecule has 104 valence electrons. The molecule has 0 aromatic rings. The zero-order valence-electron chi connectivity index (χ0n) is 10.8. The Kier molecular flexibility index (Phi) is 8.55. The minimum Gasteiger partial charge on any atom is -0.464 e. The van der Waals surface area contributed by atoms with E-state index in [1.54, 1.807) is 6.92 Å². The fraction of sp³-hybridized carbons (Fsp3) is 0.727. The molecule has 0 aliphatic carbocycles. The van der Waals surface area contributed by atoms with E-state index in [0.29, 0.717) is 6.54 Å². The van der Waals surface area contributed by atoms with Gasteiger partial charge in [0.05, 0.1) is 6.61 Å². The molecule has 7 nitrogen and oxygen atoms in total. The van der Waals surface area contributed by atoms with Gasteiger partial charge in [-0.05, 0) is 13.3 Å². The highest BCUT2D eigenvalue weighted by molar-refractivity contribution is 6.01. The summed E-state index contributed by atoms with van der Waals surface area (Å²) in [4.78, 5) is 33.7. The number of esters is 1. The maximum absolute atomic E-state index is 11.4. The van der Waals surface area contributed by atoms with Crippen LogP contribution in [0.1, 0.15) is 26.7 Å². The number of carbonyl (C=O) groups excluding carboxylic acids is 3. The van der Waals surface area contributed by atoms with E-state index in [-0.39, 0.29) is 25.5 Å². The smallest absolute Gasteiger partial charge is 0.332 e. The molecule has 0 aliphatic rings. The quantitative estimate of drug-likeness (QED) is 0.379. The zero-order valence-corrected chi connectivity index (χ0v) is 10.8. The molecular formula is C11H21N3O4. The molecule has 0 saturated carbocycles. The molecule has 0 heterocycles. The van der Waals surface area contributed by atoms with Gasteiger partial charge in [0.2, 0.25) is 11.8 Å². The van der Waals surface area contributed by atoms with E-state index in [4.69, 9.17) is 5.73 Å². The van der Waals surface area contributed by atoms with Crippen LogP contribution in [0.2, 0.25) is 0 Å². The Morgan fingerprint density at radius 1 is 1.17 bits per heavy atom. The van der Waals surface area contributed by atoms with Gasteiger partial charge in [0.25, 0.3) is 0 Å². The van der Waals surface area contributed by atoms with Gasteiger partial charge in [-0.1, -0.05) is 6.92 Å². The van der Waals surface area contributed by atoms with Crippen molar-refractivity contribution < 1.29 is 19.1 Å². The molecule has 0 radical (unpaired) electrons. The van der Waals surface area contributed by atoms with Crippen molar-refractivity contribution >= 4 is 17.8 Å². The molecule has 0 rings (SSSR count). The molecule has 0 aromatic heterocycles. The second kappa shape index (κ2) is 9.41.